The van der Waals surface area contributed by atoms with E-state index in [0.717, 1.165) is 24.8 Å². The number of hydrogen-bond acceptors (Lipinski definition) is 4. The molecule has 21 heavy (non-hydrogen) atoms. The fourth-order valence-corrected chi connectivity index (χ4v) is 4.02. The molecule has 0 aromatic carbocycles. The van der Waals surface area contributed by atoms with Crippen LogP contribution in [-0.2, 0) is 17.6 Å². The molecular weight excluding hydrogens is 330 g/mol. The lowest BCUT2D eigenvalue weighted by Crippen LogP contribution is -2.34. The van der Waals surface area contributed by atoms with Crippen LogP contribution in [0.25, 0.3) is 0 Å². The number of fused-ring (bicyclic) bond motifs is 1. The van der Waals surface area contributed by atoms with Gasteiger partial charge in [-0.25, -0.2) is 0 Å². The summed E-state index contributed by atoms with van der Waals surface area (Å²) in [6.07, 6.45) is 3.77. The van der Waals surface area contributed by atoms with Crippen molar-refractivity contribution < 1.29 is 9.59 Å². The van der Waals surface area contributed by atoms with Gasteiger partial charge in [0, 0.05) is 17.2 Å². The molecule has 0 saturated heterocycles. The number of nitrogens with one attached hydrogen (secondary N) is 2. The van der Waals surface area contributed by atoms with Crippen LogP contribution in [0.15, 0.2) is 0 Å². The lowest BCUT2D eigenvalue weighted by molar-refractivity contribution is -0.119. The van der Waals surface area contributed by atoms with E-state index in [1.54, 1.807) is 0 Å². The van der Waals surface area contributed by atoms with Gasteiger partial charge in [0.15, 0.2) is 5.11 Å². The Bertz CT molecular complexity index is 586. The smallest absolute Gasteiger partial charge is 0.251 e. The first-order valence-corrected chi connectivity index (χ1v) is 8.40. The van der Waals surface area contributed by atoms with E-state index in [-0.39, 0.29) is 11.0 Å². The molecule has 1 aromatic heterocycles. The number of anilines is 1. The number of primary amides is 1. The third kappa shape index (κ3) is 3.93. The maximum absolute atomic E-state index is 11.6. The molecule has 1 aliphatic rings. The Balaban J connectivity index is 2.04. The molecule has 0 spiro atoms. The van der Waals surface area contributed by atoms with Crippen molar-refractivity contribution in [3.05, 3.63) is 16.0 Å². The highest BCUT2D eigenvalue weighted by Gasteiger charge is 2.25. The van der Waals surface area contributed by atoms with Crippen molar-refractivity contribution in [1.82, 2.24) is 5.32 Å². The second-order valence-corrected chi connectivity index (χ2v) is 6.61. The van der Waals surface area contributed by atoms with Crippen LogP contribution in [0.3, 0.4) is 0 Å². The first-order chi connectivity index (χ1) is 10.0. The number of halogens is 1. The molecule has 5 nitrogen and oxygen atoms in total. The van der Waals surface area contributed by atoms with Gasteiger partial charge in [-0.3, -0.25) is 9.59 Å². The second-order valence-electron chi connectivity index (χ2n) is 4.72. The molecule has 114 valence electrons. The van der Waals surface area contributed by atoms with E-state index in [1.165, 1.54) is 16.2 Å². The largest absolute Gasteiger partial charge is 0.365 e. The normalized spacial score (nSPS) is 12.8. The minimum Gasteiger partial charge on any atom is -0.365 e. The van der Waals surface area contributed by atoms with Crippen molar-refractivity contribution in [3.63, 3.8) is 0 Å². The highest BCUT2D eigenvalue weighted by molar-refractivity contribution is 7.80. The number of carbonyl (C=O) groups is 2. The van der Waals surface area contributed by atoms with Gasteiger partial charge in [-0.1, -0.05) is 0 Å². The number of rotatable bonds is 5. The van der Waals surface area contributed by atoms with Crippen molar-refractivity contribution >= 4 is 57.1 Å². The minimum atomic E-state index is -0.465. The van der Waals surface area contributed by atoms with Crippen molar-refractivity contribution in [2.45, 2.75) is 32.1 Å². The van der Waals surface area contributed by atoms with E-state index in [1.807, 2.05) is 0 Å². The number of thiophene rings is 1. The molecule has 0 atom stereocenters. The van der Waals surface area contributed by atoms with Crippen LogP contribution >= 0.6 is 35.2 Å². The summed E-state index contributed by atoms with van der Waals surface area (Å²) in [6.45, 7) is 0. The minimum absolute atomic E-state index is 0.178. The Hall–Kier alpha value is -1.18. The molecule has 0 bridgehead atoms. The summed E-state index contributed by atoms with van der Waals surface area (Å²) < 4.78 is 0. The van der Waals surface area contributed by atoms with Gasteiger partial charge in [-0.05, 0) is 43.5 Å². The molecule has 0 aliphatic heterocycles. The average molecular weight is 346 g/mol. The van der Waals surface area contributed by atoms with Gasteiger partial charge in [0.25, 0.3) is 5.91 Å². The molecule has 0 saturated carbocycles. The van der Waals surface area contributed by atoms with Crippen molar-refractivity contribution in [2.75, 3.05) is 11.2 Å². The van der Waals surface area contributed by atoms with E-state index in [0.29, 0.717) is 29.3 Å². The Labute approximate surface area is 137 Å². The molecule has 2 rings (SSSR count). The molecule has 4 N–H and O–H groups in total. The lowest BCUT2D eigenvalue weighted by Gasteiger charge is -2.09. The molecule has 0 unspecified atom stereocenters. The third-order valence-electron chi connectivity index (χ3n) is 3.19. The zero-order valence-corrected chi connectivity index (χ0v) is 13.7. The van der Waals surface area contributed by atoms with Crippen LogP contribution in [0.2, 0.25) is 0 Å². The van der Waals surface area contributed by atoms with Gasteiger partial charge in [-0.2, -0.15) is 0 Å². The number of aryl methyl sites for hydroxylation is 1. The van der Waals surface area contributed by atoms with E-state index >= 15 is 0 Å². The first-order valence-electron chi connectivity index (χ1n) is 6.64. The number of hydrogen-bond donors (Lipinski definition) is 3. The van der Waals surface area contributed by atoms with Gasteiger partial charge in [0.05, 0.1) is 5.56 Å². The quantitative estimate of drug-likeness (QED) is 0.564. The van der Waals surface area contributed by atoms with Crippen LogP contribution in [0.1, 0.15) is 40.1 Å². The number of amides is 2. The van der Waals surface area contributed by atoms with Crippen molar-refractivity contribution in [1.29, 1.82) is 0 Å². The maximum Gasteiger partial charge on any atom is 0.251 e. The third-order valence-corrected chi connectivity index (χ3v) is 4.86. The lowest BCUT2D eigenvalue weighted by atomic mass is 10.1. The molecule has 1 aromatic rings. The van der Waals surface area contributed by atoms with Crippen LogP contribution in [0, 0.1) is 0 Å². The van der Waals surface area contributed by atoms with Crippen molar-refractivity contribution in [2.24, 2.45) is 5.73 Å². The van der Waals surface area contributed by atoms with Gasteiger partial charge in [0.1, 0.15) is 5.00 Å². The Morgan fingerprint density at radius 2 is 2.14 bits per heavy atom. The predicted octanol–water partition coefficient (Wildman–Crippen LogP) is 2.17. The molecule has 8 heteroatoms. The molecule has 1 heterocycles. The Morgan fingerprint density at radius 3 is 2.81 bits per heavy atom. The summed E-state index contributed by atoms with van der Waals surface area (Å²) in [5.41, 5.74) is 6.98. The van der Waals surface area contributed by atoms with E-state index in [2.05, 4.69) is 10.6 Å². The number of nitrogens with two attached hydrogens (primary N) is 1. The summed E-state index contributed by atoms with van der Waals surface area (Å²) in [4.78, 5) is 24.4. The fraction of sp³-hybridized carbons (Fsp3) is 0.462. The molecule has 2 amide bonds. The zero-order valence-electron chi connectivity index (χ0n) is 11.3. The van der Waals surface area contributed by atoms with Gasteiger partial charge in [-0.15, -0.1) is 22.9 Å². The summed E-state index contributed by atoms with van der Waals surface area (Å²) in [5.74, 6) is -0.233. The van der Waals surface area contributed by atoms with E-state index in [9.17, 15) is 9.59 Å². The molecular formula is C13H16ClN3O2S2. The first kappa shape index (κ1) is 16.2. The maximum atomic E-state index is 11.6. The average Bonchev–Trinajstić information content (AvgIpc) is 2.95. The monoisotopic (exact) mass is 345 g/mol. The highest BCUT2D eigenvalue weighted by Crippen LogP contribution is 2.38. The second kappa shape index (κ2) is 7.20. The van der Waals surface area contributed by atoms with Gasteiger partial charge in [0.2, 0.25) is 5.91 Å². The predicted molar refractivity (Wildman–Crippen MR) is 89.2 cm³/mol. The van der Waals surface area contributed by atoms with Crippen LogP contribution in [0.4, 0.5) is 5.00 Å². The van der Waals surface area contributed by atoms with Gasteiger partial charge < -0.3 is 16.4 Å². The number of thiocarbonyl (C=S) groups is 1. The van der Waals surface area contributed by atoms with Crippen LogP contribution in [0.5, 0.6) is 0 Å². The Kier molecular flexibility index (Phi) is 5.55. The molecule has 0 radical (unpaired) electrons. The van der Waals surface area contributed by atoms with Crippen molar-refractivity contribution in [3.8, 4) is 0 Å². The zero-order chi connectivity index (χ0) is 15.4. The molecule has 1 aliphatic carbocycles. The Morgan fingerprint density at radius 1 is 1.38 bits per heavy atom. The highest BCUT2D eigenvalue weighted by atomic mass is 35.5. The van der Waals surface area contributed by atoms with E-state index < -0.39 is 5.91 Å². The fourth-order valence-electron chi connectivity index (χ4n) is 2.30. The van der Waals surface area contributed by atoms with Crippen LogP contribution in [-0.4, -0.2) is 22.8 Å². The summed E-state index contributed by atoms with van der Waals surface area (Å²) >= 11 is 12.1. The summed E-state index contributed by atoms with van der Waals surface area (Å²) in [6, 6.07) is 0. The number of carbonyl (C=O) groups excluding carboxylic acids is 2. The van der Waals surface area contributed by atoms with E-state index in [4.69, 9.17) is 29.6 Å². The standard InChI is InChI=1S/C13H16ClN3O2S2/c14-6-2-5-9(18)16-13(20)17-12-10(11(15)19)7-3-1-4-8(7)21-12/h1-6H2,(H2,15,19)(H2,16,17,18,20). The summed E-state index contributed by atoms with van der Waals surface area (Å²) in [5, 5.41) is 6.28. The topological polar surface area (TPSA) is 84.2 Å². The van der Waals surface area contributed by atoms with Crippen LogP contribution < -0.4 is 16.4 Å². The SMILES string of the molecule is NC(=O)c1c(NC(=S)NC(=O)CCCCl)sc2c1CCC2. The summed E-state index contributed by atoms with van der Waals surface area (Å²) in [7, 11) is 0. The number of alkyl halides is 1. The van der Waals surface area contributed by atoms with Gasteiger partial charge >= 0.3 is 0 Å². The molecule has 0 fully saturated rings.